The van der Waals surface area contributed by atoms with Gasteiger partial charge in [0.05, 0.1) is 10.9 Å². The zero-order chi connectivity index (χ0) is 19.6. The summed E-state index contributed by atoms with van der Waals surface area (Å²) in [5.74, 6) is -0.486. The highest BCUT2D eigenvalue weighted by Crippen LogP contribution is 2.45. The Balaban J connectivity index is 1.91. The number of hydrogen-bond donors (Lipinski definition) is 1. The summed E-state index contributed by atoms with van der Waals surface area (Å²) in [6.07, 6.45) is 0. The molecule has 2 heterocycles. The van der Waals surface area contributed by atoms with Gasteiger partial charge in [0.1, 0.15) is 0 Å². The van der Waals surface area contributed by atoms with E-state index in [-0.39, 0.29) is 16.7 Å². The fourth-order valence-corrected chi connectivity index (χ4v) is 6.00. The highest BCUT2D eigenvalue weighted by molar-refractivity contribution is 7.89. The van der Waals surface area contributed by atoms with E-state index >= 15 is 0 Å². The van der Waals surface area contributed by atoms with Crippen molar-refractivity contribution in [3.8, 4) is 0 Å². The van der Waals surface area contributed by atoms with Crippen molar-refractivity contribution in [2.45, 2.75) is 23.8 Å². The van der Waals surface area contributed by atoms with Crippen molar-refractivity contribution in [2.24, 2.45) is 0 Å². The number of sulfonamides is 1. The van der Waals surface area contributed by atoms with E-state index in [1.54, 1.807) is 30.0 Å². The van der Waals surface area contributed by atoms with Gasteiger partial charge < -0.3 is 4.90 Å². The number of hydrogen-bond acceptors (Lipinski definition) is 3. The number of para-hydroxylation sites is 1. The molecule has 0 aliphatic carbocycles. The Morgan fingerprint density at radius 1 is 1.11 bits per heavy atom. The maximum absolute atomic E-state index is 13.1. The van der Waals surface area contributed by atoms with Gasteiger partial charge in [-0.1, -0.05) is 41.9 Å². The van der Waals surface area contributed by atoms with E-state index < -0.39 is 16.1 Å². The molecule has 0 fully saturated rings. The standard InChI is InChI=1S/C21H17ClN2O3S/c1-12-21(25)24-11-17(16-4-2-3-5-18(16)24)20-15-8-7-14(22)10-13(15)6-9-19(20)28(26,27)23-12/h2-10,12,17,23H,11H2,1H3/t12-,17-/m0/s1. The summed E-state index contributed by atoms with van der Waals surface area (Å²) >= 11 is 6.16. The third kappa shape index (κ3) is 2.49. The average Bonchev–Trinajstić information content (AvgIpc) is 3.05. The molecule has 2 atom stereocenters. The zero-order valence-electron chi connectivity index (χ0n) is 15.0. The smallest absolute Gasteiger partial charge is 0.244 e. The van der Waals surface area contributed by atoms with E-state index in [2.05, 4.69) is 4.72 Å². The second-order valence-corrected chi connectivity index (χ2v) is 9.36. The third-order valence-electron chi connectivity index (χ3n) is 5.56. The minimum absolute atomic E-state index is 0.213. The van der Waals surface area contributed by atoms with E-state index in [1.165, 1.54) is 0 Å². The molecule has 3 aromatic rings. The largest absolute Gasteiger partial charge is 0.310 e. The summed E-state index contributed by atoms with van der Waals surface area (Å²) < 4.78 is 28.8. The van der Waals surface area contributed by atoms with Gasteiger partial charge in [-0.25, -0.2) is 8.42 Å². The lowest BCUT2D eigenvalue weighted by molar-refractivity contribution is -0.119. The molecule has 0 spiro atoms. The molecule has 0 saturated carbocycles. The number of nitrogens with one attached hydrogen (secondary N) is 1. The van der Waals surface area contributed by atoms with Gasteiger partial charge in [-0.3, -0.25) is 4.79 Å². The van der Waals surface area contributed by atoms with Crippen molar-refractivity contribution in [1.82, 2.24) is 4.72 Å². The monoisotopic (exact) mass is 412 g/mol. The number of nitrogens with zero attached hydrogens (tertiary/aromatic N) is 1. The van der Waals surface area contributed by atoms with Gasteiger partial charge in [-0.15, -0.1) is 0 Å². The predicted molar refractivity (Wildman–Crippen MR) is 109 cm³/mol. The molecule has 7 heteroatoms. The van der Waals surface area contributed by atoms with Crippen LogP contribution in [0, 0.1) is 0 Å². The minimum Gasteiger partial charge on any atom is -0.310 e. The number of carbonyl (C=O) groups excluding carboxylic acids is 1. The first-order valence-electron chi connectivity index (χ1n) is 9.01. The Morgan fingerprint density at radius 2 is 1.89 bits per heavy atom. The van der Waals surface area contributed by atoms with Gasteiger partial charge in [-0.05, 0) is 53.1 Å². The Labute approximate surface area is 168 Å². The number of anilines is 1. The number of carbonyl (C=O) groups is 1. The molecule has 5 rings (SSSR count). The molecule has 2 aliphatic rings. The lowest BCUT2D eigenvalue weighted by Crippen LogP contribution is -2.46. The van der Waals surface area contributed by atoms with Gasteiger partial charge in [0.2, 0.25) is 15.9 Å². The van der Waals surface area contributed by atoms with Gasteiger partial charge in [0, 0.05) is 23.2 Å². The van der Waals surface area contributed by atoms with Crippen LogP contribution in [-0.4, -0.2) is 26.9 Å². The molecule has 5 nitrogen and oxygen atoms in total. The van der Waals surface area contributed by atoms with Crippen LogP contribution < -0.4 is 9.62 Å². The van der Waals surface area contributed by atoms with Crippen LogP contribution in [0.1, 0.15) is 24.0 Å². The second kappa shape index (κ2) is 6.04. The van der Waals surface area contributed by atoms with Crippen LogP contribution in [0.5, 0.6) is 0 Å². The normalized spacial score (nSPS) is 22.9. The molecular formula is C21H17ClN2O3S. The quantitative estimate of drug-likeness (QED) is 0.612. The van der Waals surface area contributed by atoms with Crippen LogP contribution in [0.25, 0.3) is 10.8 Å². The van der Waals surface area contributed by atoms with Gasteiger partial charge in [0.25, 0.3) is 0 Å². The van der Waals surface area contributed by atoms with Crippen molar-refractivity contribution < 1.29 is 13.2 Å². The molecule has 0 saturated heterocycles. The van der Waals surface area contributed by atoms with E-state index in [0.717, 1.165) is 22.0 Å². The summed E-state index contributed by atoms with van der Waals surface area (Å²) in [6, 6.07) is 15.7. The lowest BCUT2D eigenvalue weighted by atomic mass is 9.89. The first-order valence-corrected chi connectivity index (χ1v) is 10.9. The van der Waals surface area contributed by atoms with E-state index in [9.17, 15) is 13.2 Å². The van der Waals surface area contributed by atoms with Gasteiger partial charge in [0.15, 0.2) is 0 Å². The van der Waals surface area contributed by atoms with E-state index in [1.807, 2.05) is 36.4 Å². The highest BCUT2D eigenvalue weighted by Gasteiger charge is 2.41. The number of halogens is 1. The first kappa shape index (κ1) is 17.7. The van der Waals surface area contributed by atoms with Crippen LogP contribution in [0.2, 0.25) is 5.02 Å². The van der Waals surface area contributed by atoms with Crippen LogP contribution in [0.3, 0.4) is 0 Å². The Bertz CT molecular complexity index is 1260. The molecule has 0 unspecified atom stereocenters. The van der Waals surface area contributed by atoms with Crippen molar-refractivity contribution in [2.75, 3.05) is 11.4 Å². The van der Waals surface area contributed by atoms with Crippen molar-refractivity contribution >= 4 is 44.0 Å². The van der Waals surface area contributed by atoms with Crippen molar-refractivity contribution in [3.05, 3.63) is 70.7 Å². The Hall–Kier alpha value is -2.41. The first-order chi connectivity index (χ1) is 13.4. The highest BCUT2D eigenvalue weighted by atomic mass is 35.5. The van der Waals surface area contributed by atoms with Crippen LogP contribution in [0.4, 0.5) is 5.69 Å². The average molecular weight is 413 g/mol. The Kier molecular flexibility index (Phi) is 3.81. The molecule has 2 bridgehead atoms. The number of fused-ring (bicyclic) bond motifs is 9. The summed E-state index contributed by atoms with van der Waals surface area (Å²) in [5, 5.41) is 2.29. The van der Waals surface area contributed by atoms with Crippen molar-refractivity contribution in [3.63, 3.8) is 0 Å². The third-order valence-corrected chi connectivity index (χ3v) is 7.39. The Morgan fingerprint density at radius 3 is 2.71 bits per heavy atom. The molecule has 28 heavy (non-hydrogen) atoms. The topological polar surface area (TPSA) is 66.5 Å². The van der Waals surface area contributed by atoms with E-state index in [0.29, 0.717) is 17.1 Å². The summed E-state index contributed by atoms with van der Waals surface area (Å²) in [4.78, 5) is 14.9. The molecule has 0 radical (unpaired) electrons. The molecule has 1 N–H and O–H groups in total. The molecule has 0 aromatic heterocycles. The summed E-state index contributed by atoms with van der Waals surface area (Å²) in [7, 11) is -3.86. The molecular weight excluding hydrogens is 396 g/mol. The number of amides is 1. The molecule has 142 valence electrons. The van der Waals surface area contributed by atoms with Gasteiger partial charge >= 0.3 is 0 Å². The fourth-order valence-electron chi connectivity index (χ4n) is 4.34. The SMILES string of the molecule is C[C@@H]1NS(=O)(=O)c2ccc3cc(Cl)ccc3c2[C@H]2CN(C1=O)c1ccccc12. The van der Waals surface area contributed by atoms with Gasteiger partial charge in [-0.2, -0.15) is 4.72 Å². The van der Waals surface area contributed by atoms with Crippen LogP contribution in [-0.2, 0) is 14.8 Å². The number of rotatable bonds is 0. The maximum atomic E-state index is 13.1. The number of benzene rings is 3. The molecule has 2 aliphatic heterocycles. The fraction of sp³-hybridized carbons (Fsp3) is 0.190. The lowest BCUT2D eigenvalue weighted by Gasteiger charge is -2.22. The molecule has 3 aromatic carbocycles. The van der Waals surface area contributed by atoms with E-state index in [4.69, 9.17) is 11.6 Å². The second-order valence-electron chi connectivity index (χ2n) is 7.25. The van der Waals surface area contributed by atoms with Crippen molar-refractivity contribution in [1.29, 1.82) is 0 Å². The maximum Gasteiger partial charge on any atom is 0.244 e. The summed E-state index contributed by atoms with van der Waals surface area (Å²) in [6.45, 7) is 2.00. The van der Waals surface area contributed by atoms with Crippen LogP contribution in [0.15, 0.2) is 59.5 Å². The molecule has 1 amide bonds. The zero-order valence-corrected chi connectivity index (χ0v) is 16.6. The summed E-state index contributed by atoms with van der Waals surface area (Å²) in [5.41, 5.74) is 2.50. The predicted octanol–water partition coefficient (Wildman–Crippen LogP) is 3.65. The van der Waals surface area contributed by atoms with Crippen LogP contribution >= 0.6 is 11.6 Å². The minimum atomic E-state index is -3.86.